The summed E-state index contributed by atoms with van der Waals surface area (Å²) < 4.78 is 31.9. The number of carbonyl (C=O) groups excluding carboxylic acids is 1. The van der Waals surface area contributed by atoms with Gasteiger partial charge in [-0.25, -0.2) is 13.4 Å². The molecular formula is C20H26N4O4S. The van der Waals surface area contributed by atoms with Gasteiger partial charge in [0.05, 0.1) is 19.8 Å². The summed E-state index contributed by atoms with van der Waals surface area (Å²) in [5.74, 6) is 0.347. The Balaban J connectivity index is 1.65. The molecule has 1 fully saturated rings. The summed E-state index contributed by atoms with van der Waals surface area (Å²) in [5.41, 5.74) is 2.81. The van der Waals surface area contributed by atoms with Gasteiger partial charge < -0.3 is 15.0 Å². The van der Waals surface area contributed by atoms with Crippen LogP contribution < -0.4 is 10.2 Å². The van der Waals surface area contributed by atoms with Crippen molar-refractivity contribution in [3.8, 4) is 0 Å². The summed E-state index contributed by atoms with van der Waals surface area (Å²) in [4.78, 5) is 18.5. The van der Waals surface area contributed by atoms with E-state index < -0.39 is 10.0 Å². The standard InChI is InChI=1S/C20H26N4O4S/c1-15-5-4-6-16(2)20(15)22-19(25)14-23(3)18-8-7-17(13-21-18)29(26,27)24-9-11-28-12-10-24/h4-8,13H,9-12,14H2,1-3H3,(H,22,25). The Bertz CT molecular complexity index is 950. The molecule has 2 heterocycles. The quantitative estimate of drug-likeness (QED) is 0.769. The Kier molecular flexibility index (Phi) is 6.51. The van der Waals surface area contributed by atoms with Crippen molar-refractivity contribution in [2.24, 2.45) is 0 Å². The predicted molar refractivity (Wildman–Crippen MR) is 112 cm³/mol. The average molecular weight is 419 g/mol. The second-order valence-corrected chi connectivity index (χ2v) is 8.98. The molecule has 156 valence electrons. The molecule has 0 atom stereocenters. The first-order valence-electron chi connectivity index (χ1n) is 9.40. The Morgan fingerprint density at radius 1 is 1.17 bits per heavy atom. The lowest BCUT2D eigenvalue weighted by molar-refractivity contribution is -0.114. The lowest BCUT2D eigenvalue weighted by atomic mass is 10.1. The Labute approximate surface area is 171 Å². The number of amides is 1. The van der Waals surface area contributed by atoms with Crippen LogP contribution in [0.25, 0.3) is 0 Å². The van der Waals surface area contributed by atoms with Crippen LogP contribution in [0.3, 0.4) is 0 Å². The highest BCUT2D eigenvalue weighted by atomic mass is 32.2. The first kappa shape index (κ1) is 21.2. The summed E-state index contributed by atoms with van der Waals surface area (Å²) in [7, 11) is -1.85. The van der Waals surface area contributed by atoms with Crippen molar-refractivity contribution >= 4 is 27.4 Å². The zero-order chi connectivity index (χ0) is 21.0. The van der Waals surface area contributed by atoms with Crippen molar-refractivity contribution < 1.29 is 17.9 Å². The van der Waals surface area contributed by atoms with Crippen LogP contribution in [-0.4, -0.2) is 63.5 Å². The fourth-order valence-electron chi connectivity index (χ4n) is 3.17. The normalized spacial score (nSPS) is 15.1. The summed E-state index contributed by atoms with van der Waals surface area (Å²) in [5, 5.41) is 2.94. The van der Waals surface area contributed by atoms with Crippen LogP contribution in [0.5, 0.6) is 0 Å². The van der Waals surface area contributed by atoms with Gasteiger partial charge in [-0.05, 0) is 37.1 Å². The van der Waals surface area contributed by atoms with Crippen LogP contribution >= 0.6 is 0 Å². The van der Waals surface area contributed by atoms with E-state index in [0.717, 1.165) is 16.8 Å². The third kappa shape index (κ3) is 4.92. The summed E-state index contributed by atoms with van der Waals surface area (Å²) >= 11 is 0. The summed E-state index contributed by atoms with van der Waals surface area (Å²) in [6, 6.07) is 8.97. The van der Waals surface area contributed by atoms with Gasteiger partial charge in [0.15, 0.2) is 0 Å². The molecule has 0 saturated carbocycles. The fraction of sp³-hybridized carbons (Fsp3) is 0.400. The number of nitrogens with one attached hydrogen (secondary N) is 1. The molecule has 0 spiro atoms. The average Bonchev–Trinajstić information content (AvgIpc) is 2.71. The van der Waals surface area contributed by atoms with E-state index in [2.05, 4.69) is 10.3 Å². The second-order valence-electron chi connectivity index (χ2n) is 7.04. The number of rotatable bonds is 6. The molecule has 1 aliphatic rings. The first-order valence-corrected chi connectivity index (χ1v) is 10.8. The maximum Gasteiger partial charge on any atom is 0.244 e. The zero-order valence-electron chi connectivity index (χ0n) is 16.9. The molecule has 3 rings (SSSR count). The molecule has 2 aromatic rings. The molecule has 1 aromatic carbocycles. The van der Waals surface area contributed by atoms with Gasteiger partial charge >= 0.3 is 0 Å². The summed E-state index contributed by atoms with van der Waals surface area (Å²) in [6.07, 6.45) is 1.33. The number of nitrogens with zero attached hydrogens (tertiary/aromatic N) is 3. The van der Waals surface area contributed by atoms with Crippen molar-refractivity contribution in [3.63, 3.8) is 0 Å². The number of morpholine rings is 1. The molecule has 0 bridgehead atoms. The third-order valence-corrected chi connectivity index (χ3v) is 6.73. The molecule has 0 unspecified atom stereocenters. The van der Waals surface area contributed by atoms with Crippen molar-refractivity contribution in [1.29, 1.82) is 0 Å². The second kappa shape index (κ2) is 8.89. The molecule has 9 heteroatoms. The van der Waals surface area contributed by atoms with Crippen LogP contribution in [-0.2, 0) is 19.6 Å². The smallest absolute Gasteiger partial charge is 0.244 e. The molecule has 0 aliphatic carbocycles. The molecule has 1 aliphatic heterocycles. The largest absolute Gasteiger partial charge is 0.379 e. The van der Waals surface area contributed by atoms with Crippen LogP contribution in [0.15, 0.2) is 41.4 Å². The lowest BCUT2D eigenvalue weighted by Crippen LogP contribution is -2.40. The van der Waals surface area contributed by atoms with E-state index in [1.165, 1.54) is 16.6 Å². The molecule has 1 N–H and O–H groups in total. The van der Waals surface area contributed by atoms with Gasteiger partial charge in [0.25, 0.3) is 0 Å². The van der Waals surface area contributed by atoms with Gasteiger partial charge in [-0.1, -0.05) is 18.2 Å². The Hall–Kier alpha value is -2.49. The van der Waals surface area contributed by atoms with Crippen LogP contribution in [0.4, 0.5) is 11.5 Å². The molecule has 29 heavy (non-hydrogen) atoms. The van der Waals surface area contributed by atoms with E-state index in [-0.39, 0.29) is 17.3 Å². The number of para-hydroxylation sites is 1. The topological polar surface area (TPSA) is 91.8 Å². The highest BCUT2D eigenvalue weighted by molar-refractivity contribution is 7.89. The van der Waals surface area contributed by atoms with Gasteiger partial charge in [-0.2, -0.15) is 4.31 Å². The molecule has 1 amide bonds. The van der Waals surface area contributed by atoms with Crippen LogP contribution in [0.2, 0.25) is 0 Å². The Morgan fingerprint density at radius 2 is 1.83 bits per heavy atom. The van der Waals surface area contributed by atoms with E-state index in [4.69, 9.17) is 4.74 Å². The molecule has 1 saturated heterocycles. The predicted octanol–water partition coefficient (Wildman–Crippen LogP) is 1.79. The number of hydrogen-bond donors (Lipinski definition) is 1. The molecule has 0 radical (unpaired) electrons. The maximum absolute atomic E-state index is 12.7. The number of benzene rings is 1. The SMILES string of the molecule is Cc1cccc(C)c1NC(=O)CN(C)c1ccc(S(=O)(=O)N2CCOCC2)cn1. The van der Waals surface area contributed by atoms with E-state index >= 15 is 0 Å². The number of aryl methyl sites for hydroxylation is 2. The Morgan fingerprint density at radius 3 is 2.41 bits per heavy atom. The number of likely N-dealkylation sites (N-methyl/N-ethyl adjacent to an activating group) is 1. The van der Waals surface area contributed by atoms with E-state index in [1.54, 1.807) is 18.0 Å². The van der Waals surface area contributed by atoms with Gasteiger partial charge in [0, 0.05) is 32.0 Å². The number of pyridine rings is 1. The van der Waals surface area contributed by atoms with Gasteiger partial charge in [0.2, 0.25) is 15.9 Å². The fourth-order valence-corrected chi connectivity index (χ4v) is 4.53. The number of carbonyl (C=O) groups is 1. The summed E-state index contributed by atoms with van der Waals surface area (Å²) in [6.45, 7) is 5.44. The van der Waals surface area contributed by atoms with Gasteiger partial charge in [-0.15, -0.1) is 0 Å². The van der Waals surface area contributed by atoms with E-state index in [0.29, 0.717) is 32.1 Å². The first-order chi connectivity index (χ1) is 13.8. The number of aromatic nitrogens is 1. The molecule has 1 aromatic heterocycles. The highest BCUT2D eigenvalue weighted by Gasteiger charge is 2.26. The number of hydrogen-bond acceptors (Lipinski definition) is 6. The molecular weight excluding hydrogens is 392 g/mol. The maximum atomic E-state index is 12.7. The van der Waals surface area contributed by atoms with E-state index in [1.807, 2.05) is 32.0 Å². The highest BCUT2D eigenvalue weighted by Crippen LogP contribution is 2.21. The third-order valence-electron chi connectivity index (χ3n) is 4.85. The number of anilines is 2. The lowest BCUT2D eigenvalue weighted by Gasteiger charge is -2.26. The van der Waals surface area contributed by atoms with Gasteiger partial charge in [-0.3, -0.25) is 4.79 Å². The van der Waals surface area contributed by atoms with Gasteiger partial charge in [0.1, 0.15) is 10.7 Å². The van der Waals surface area contributed by atoms with Crippen LogP contribution in [0, 0.1) is 13.8 Å². The monoisotopic (exact) mass is 418 g/mol. The van der Waals surface area contributed by atoms with Crippen molar-refractivity contribution in [3.05, 3.63) is 47.7 Å². The zero-order valence-corrected chi connectivity index (χ0v) is 17.7. The van der Waals surface area contributed by atoms with Crippen molar-refractivity contribution in [1.82, 2.24) is 9.29 Å². The minimum atomic E-state index is -3.58. The number of sulfonamides is 1. The van der Waals surface area contributed by atoms with Crippen molar-refractivity contribution in [2.45, 2.75) is 18.7 Å². The van der Waals surface area contributed by atoms with E-state index in [9.17, 15) is 13.2 Å². The minimum Gasteiger partial charge on any atom is -0.379 e. The minimum absolute atomic E-state index is 0.0936. The number of ether oxygens (including phenoxy) is 1. The van der Waals surface area contributed by atoms with Crippen molar-refractivity contribution in [2.75, 3.05) is 50.1 Å². The molecule has 8 nitrogen and oxygen atoms in total. The van der Waals surface area contributed by atoms with Crippen LogP contribution in [0.1, 0.15) is 11.1 Å².